The van der Waals surface area contributed by atoms with Gasteiger partial charge in [0.25, 0.3) is 0 Å². The molecule has 0 amide bonds. The summed E-state index contributed by atoms with van der Waals surface area (Å²) < 4.78 is 15.2. The lowest BCUT2D eigenvalue weighted by Gasteiger charge is -2.04. The van der Waals surface area contributed by atoms with E-state index in [1.807, 2.05) is 17.6 Å². The minimum atomic E-state index is -0.210. The van der Waals surface area contributed by atoms with Gasteiger partial charge in [-0.25, -0.2) is 4.39 Å². The van der Waals surface area contributed by atoms with Crippen molar-refractivity contribution in [2.24, 2.45) is 0 Å². The maximum Gasteiger partial charge on any atom is 0.163 e. The Kier molecular flexibility index (Phi) is 2.49. The van der Waals surface area contributed by atoms with Gasteiger partial charge in [-0.05, 0) is 25.5 Å². The van der Waals surface area contributed by atoms with Crippen LogP contribution in [-0.2, 0) is 6.54 Å². The molecule has 0 spiro atoms. The van der Waals surface area contributed by atoms with Crippen molar-refractivity contribution in [2.45, 2.75) is 20.4 Å². The molecule has 0 bridgehead atoms. The van der Waals surface area contributed by atoms with E-state index < -0.39 is 0 Å². The number of hydrogen-bond acceptors (Lipinski definition) is 2. The zero-order chi connectivity index (χ0) is 10.8. The van der Waals surface area contributed by atoms with Crippen LogP contribution in [0.4, 0.5) is 4.39 Å². The van der Waals surface area contributed by atoms with Crippen molar-refractivity contribution in [3.05, 3.63) is 35.9 Å². The first-order valence-electron chi connectivity index (χ1n) is 4.86. The van der Waals surface area contributed by atoms with Crippen LogP contribution >= 0.6 is 0 Å². The summed E-state index contributed by atoms with van der Waals surface area (Å²) in [6, 6.07) is 5.10. The molecule has 4 heteroatoms. The zero-order valence-electron chi connectivity index (χ0n) is 8.74. The van der Waals surface area contributed by atoms with E-state index >= 15 is 0 Å². The van der Waals surface area contributed by atoms with Crippen molar-refractivity contribution in [1.29, 1.82) is 0 Å². The summed E-state index contributed by atoms with van der Waals surface area (Å²) in [4.78, 5) is 0. The Morgan fingerprint density at radius 2 is 2.20 bits per heavy atom. The quantitative estimate of drug-likeness (QED) is 0.753. The molecular weight excluding hydrogens is 193 g/mol. The average Bonchev–Trinajstić information content (AvgIpc) is 2.70. The van der Waals surface area contributed by atoms with Crippen molar-refractivity contribution >= 4 is 0 Å². The van der Waals surface area contributed by atoms with E-state index in [1.54, 1.807) is 19.3 Å². The lowest BCUT2D eigenvalue weighted by atomic mass is 10.1. The summed E-state index contributed by atoms with van der Waals surface area (Å²) in [6.07, 6.45) is 1.65. The molecule has 0 radical (unpaired) electrons. The normalized spacial score (nSPS) is 10.6. The monoisotopic (exact) mass is 205 g/mol. The van der Waals surface area contributed by atoms with Crippen molar-refractivity contribution in [3.8, 4) is 11.4 Å². The molecule has 0 aliphatic heterocycles. The number of hydrogen-bond donors (Lipinski definition) is 0. The van der Waals surface area contributed by atoms with Crippen LogP contribution in [0.3, 0.4) is 0 Å². The Bertz CT molecular complexity index is 476. The molecule has 0 saturated heterocycles. The number of aryl methyl sites for hydroxylation is 2. The molecule has 2 aromatic rings. The van der Waals surface area contributed by atoms with Gasteiger partial charge in [0.15, 0.2) is 5.82 Å². The minimum absolute atomic E-state index is 0.210. The Labute approximate surface area is 87.6 Å². The lowest BCUT2D eigenvalue weighted by molar-refractivity contribution is 0.618. The van der Waals surface area contributed by atoms with E-state index in [-0.39, 0.29) is 5.82 Å². The molecular formula is C11H12FN3. The van der Waals surface area contributed by atoms with Gasteiger partial charge in [0.05, 0.1) is 0 Å². The first-order chi connectivity index (χ1) is 7.22. The van der Waals surface area contributed by atoms with E-state index in [4.69, 9.17) is 0 Å². The number of nitrogens with zero attached hydrogens (tertiary/aromatic N) is 3. The van der Waals surface area contributed by atoms with Crippen LogP contribution in [-0.4, -0.2) is 14.8 Å². The molecule has 0 saturated carbocycles. The number of benzene rings is 1. The van der Waals surface area contributed by atoms with Crippen LogP contribution in [0.1, 0.15) is 12.5 Å². The predicted molar refractivity (Wildman–Crippen MR) is 55.8 cm³/mol. The smallest absolute Gasteiger partial charge is 0.163 e. The van der Waals surface area contributed by atoms with Crippen molar-refractivity contribution in [2.75, 3.05) is 0 Å². The van der Waals surface area contributed by atoms with Gasteiger partial charge in [-0.15, -0.1) is 10.2 Å². The van der Waals surface area contributed by atoms with Crippen LogP contribution in [0, 0.1) is 12.7 Å². The van der Waals surface area contributed by atoms with Gasteiger partial charge >= 0.3 is 0 Å². The van der Waals surface area contributed by atoms with E-state index in [9.17, 15) is 4.39 Å². The topological polar surface area (TPSA) is 30.7 Å². The molecule has 0 N–H and O–H groups in total. The molecule has 0 aliphatic carbocycles. The molecule has 0 fully saturated rings. The summed E-state index contributed by atoms with van der Waals surface area (Å²) in [7, 11) is 0. The second-order valence-electron chi connectivity index (χ2n) is 3.40. The summed E-state index contributed by atoms with van der Waals surface area (Å²) in [6.45, 7) is 4.51. The number of aromatic nitrogens is 3. The van der Waals surface area contributed by atoms with Crippen molar-refractivity contribution in [1.82, 2.24) is 14.8 Å². The van der Waals surface area contributed by atoms with E-state index in [2.05, 4.69) is 10.2 Å². The molecule has 1 aromatic carbocycles. The van der Waals surface area contributed by atoms with Crippen molar-refractivity contribution in [3.63, 3.8) is 0 Å². The molecule has 78 valence electrons. The molecule has 1 aromatic heterocycles. The van der Waals surface area contributed by atoms with Gasteiger partial charge in [0, 0.05) is 12.1 Å². The number of halogens is 1. The highest BCUT2D eigenvalue weighted by molar-refractivity contribution is 5.55. The van der Waals surface area contributed by atoms with Gasteiger partial charge in [-0.3, -0.25) is 0 Å². The standard InChI is InChI=1S/C11H12FN3/c1-3-15-7-13-14-11(15)9-5-4-8(2)10(12)6-9/h4-7H,3H2,1-2H3. The highest BCUT2D eigenvalue weighted by atomic mass is 19.1. The largest absolute Gasteiger partial charge is 0.314 e. The van der Waals surface area contributed by atoms with E-state index in [0.717, 1.165) is 12.1 Å². The van der Waals surface area contributed by atoms with E-state index in [1.165, 1.54) is 6.07 Å². The third-order valence-corrected chi connectivity index (χ3v) is 2.39. The molecule has 0 atom stereocenters. The average molecular weight is 205 g/mol. The predicted octanol–water partition coefficient (Wildman–Crippen LogP) is 2.41. The summed E-state index contributed by atoms with van der Waals surface area (Å²) in [5.74, 6) is 0.495. The maximum absolute atomic E-state index is 13.3. The fourth-order valence-electron chi connectivity index (χ4n) is 1.44. The molecule has 0 unspecified atom stereocenters. The Morgan fingerprint density at radius 1 is 1.40 bits per heavy atom. The lowest BCUT2D eigenvalue weighted by Crippen LogP contribution is -1.96. The Morgan fingerprint density at radius 3 is 2.87 bits per heavy atom. The van der Waals surface area contributed by atoms with Crippen LogP contribution in [0.5, 0.6) is 0 Å². The minimum Gasteiger partial charge on any atom is -0.314 e. The molecule has 15 heavy (non-hydrogen) atoms. The van der Waals surface area contributed by atoms with Gasteiger partial charge in [0.1, 0.15) is 12.1 Å². The fraction of sp³-hybridized carbons (Fsp3) is 0.273. The molecule has 1 heterocycles. The highest BCUT2D eigenvalue weighted by Crippen LogP contribution is 2.19. The van der Waals surface area contributed by atoms with E-state index in [0.29, 0.717) is 11.4 Å². The Balaban J connectivity index is 2.50. The zero-order valence-corrected chi connectivity index (χ0v) is 8.74. The van der Waals surface area contributed by atoms with Crippen LogP contribution < -0.4 is 0 Å². The van der Waals surface area contributed by atoms with Gasteiger partial charge in [-0.2, -0.15) is 0 Å². The van der Waals surface area contributed by atoms with Crippen LogP contribution in [0.15, 0.2) is 24.5 Å². The van der Waals surface area contributed by atoms with Gasteiger partial charge < -0.3 is 4.57 Å². The number of rotatable bonds is 2. The first-order valence-corrected chi connectivity index (χ1v) is 4.86. The maximum atomic E-state index is 13.3. The Hall–Kier alpha value is -1.71. The first kappa shape index (κ1) is 9.83. The third kappa shape index (κ3) is 1.75. The second-order valence-corrected chi connectivity index (χ2v) is 3.40. The highest BCUT2D eigenvalue weighted by Gasteiger charge is 2.07. The third-order valence-electron chi connectivity index (χ3n) is 2.39. The summed E-state index contributed by atoms with van der Waals surface area (Å²) in [5, 5.41) is 7.79. The molecule has 3 nitrogen and oxygen atoms in total. The van der Waals surface area contributed by atoms with Gasteiger partial charge in [-0.1, -0.05) is 12.1 Å². The van der Waals surface area contributed by atoms with Crippen LogP contribution in [0.25, 0.3) is 11.4 Å². The van der Waals surface area contributed by atoms with Crippen molar-refractivity contribution < 1.29 is 4.39 Å². The SMILES string of the molecule is CCn1cnnc1-c1ccc(C)c(F)c1. The fourth-order valence-corrected chi connectivity index (χ4v) is 1.44. The summed E-state index contributed by atoms with van der Waals surface area (Å²) >= 11 is 0. The molecule has 0 aliphatic rings. The second kappa shape index (κ2) is 3.81. The summed E-state index contributed by atoms with van der Waals surface area (Å²) in [5.41, 5.74) is 1.40. The van der Waals surface area contributed by atoms with Crippen LogP contribution in [0.2, 0.25) is 0 Å². The molecule has 2 rings (SSSR count). The van der Waals surface area contributed by atoms with Gasteiger partial charge in [0.2, 0.25) is 0 Å².